The summed E-state index contributed by atoms with van der Waals surface area (Å²) >= 11 is 0. The lowest BCUT2D eigenvalue weighted by Gasteiger charge is -2.23. The zero-order chi connectivity index (χ0) is 9.83. The average Bonchev–Trinajstić information content (AvgIpc) is 1.99. The summed E-state index contributed by atoms with van der Waals surface area (Å²) in [6, 6.07) is 2.75. The lowest BCUT2D eigenvalue weighted by molar-refractivity contribution is 1.29. The first-order chi connectivity index (χ1) is 5.33. The number of hydrogen-bond donors (Lipinski definition) is 0. The standard InChI is InChI=1S/C10H22Si2/c1-7-12(6,8-2)10-9-11(3,4)5/h7-8H,1-2,9-10H2,3-6H3. The molecule has 0 nitrogen and oxygen atoms in total. The van der Waals surface area contributed by atoms with Crippen molar-refractivity contribution in [1.29, 1.82) is 0 Å². The summed E-state index contributed by atoms with van der Waals surface area (Å²) in [5.74, 6) is 0. The molecule has 0 spiro atoms. The Bertz CT molecular complexity index is 157. The van der Waals surface area contributed by atoms with E-state index in [1.165, 1.54) is 12.1 Å². The SMILES string of the molecule is C=C[Si](C)(C=C)CC[Si](C)(C)C. The van der Waals surface area contributed by atoms with Gasteiger partial charge >= 0.3 is 0 Å². The van der Waals surface area contributed by atoms with Crippen molar-refractivity contribution in [3.05, 3.63) is 24.6 Å². The molecule has 0 aromatic heterocycles. The largest absolute Gasteiger partial charge is 0.107 e. The van der Waals surface area contributed by atoms with Crippen molar-refractivity contribution < 1.29 is 0 Å². The van der Waals surface area contributed by atoms with Gasteiger partial charge in [0, 0.05) is 8.07 Å². The van der Waals surface area contributed by atoms with Gasteiger partial charge in [0.25, 0.3) is 0 Å². The van der Waals surface area contributed by atoms with Crippen LogP contribution in [0.1, 0.15) is 0 Å². The first-order valence-electron chi connectivity index (χ1n) is 4.60. The third kappa shape index (κ3) is 4.72. The molecule has 0 aliphatic rings. The van der Waals surface area contributed by atoms with Crippen LogP contribution in [-0.2, 0) is 0 Å². The second kappa shape index (κ2) is 4.24. The molecule has 0 saturated carbocycles. The molecule has 0 aliphatic heterocycles. The molecular weight excluding hydrogens is 176 g/mol. The van der Waals surface area contributed by atoms with E-state index in [1.54, 1.807) is 0 Å². The van der Waals surface area contributed by atoms with Crippen LogP contribution in [0.3, 0.4) is 0 Å². The average molecular weight is 198 g/mol. The maximum Gasteiger partial charge on any atom is 0.0970 e. The summed E-state index contributed by atoms with van der Waals surface area (Å²) in [5, 5.41) is 0. The van der Waals surface area contributed by atoms with E-state index < -0.39 is 16.1 Å². The fourth-order valence-corrected chi connectivity index (χ4v) is 6.66. The van der Waals surface area contributed by atoms with Crippen molar-refractivity contribution in [3.8, 4) is 0 Å². The molecule has 0 atom stereocenters. The summed E-state index contributed by atoms with van der Waals surface area (Å²) in [6.07, 6.45) is 0. The lowest BCUT2D eigenvalue weighted by atomic mass is 10.9. The third-order valence-corrected chi connectivity index (χ3v) is 7.79. The monoisotopic (exact) mass is 198 g/mol. The van der Waals surface area contributed by atoms with Gasteiger partial charge in [0.05, 0.1) is 8.07 Å². The van der Waals surface area contributed by atoms with Crippen LogP contribution in [0.25, 0.3) is 0 Å². The zero-order valence-electron chi connectivity index (χ0n) is 8.98. The number of rotatable bonds is 5. The van der Waals surface area contributed by atoms with Gasteiger partial charge in [0.15, 0.2) is 0 Å². The van der Waals surface area contributed by atoms with Gasteiger partial charge in [-0.2, -0.15) is 0 Å². The van der Waals surface area contributed by atoms with Gasteiger partial charge in [-0.15, -0.1) is 13.2 Å². The Labute approximate surface area is 79.4 Å². The van der Waals surface area contributed by atoms with E-state index in [2.05, 4.69) is 50.7 Å². The summed E-state index contributed by atoms with van der Waals surface area (Å²) in [7, 11) is -2.10. The Hall–Kier alpha value is -0.0862. The molecule has 12 heavy (non-hydrogen) atoms. The molecule has 2 heteroatoms. The molecule has 0 unspecified atom stereocenters. The summed E-state index contributed by atoms with van der Waals surface area (Å²) in [6.45, 7) is 17.4. The Morgan fingerprint density at radius 2 is 1.33 bits per heavy atom. The van der Waals surface area contributed by atoms with Crippen LogP contribution in [0.5, 0.6) is 0 Å². The molecule has 70 valence electrons. The van der Waals surface area contributed by atoms with E-state index in [9.17, 15) is 0 Å². The molecule has 0 aromatic rings. The minimum Gasteiger partial charge on any atom is -0.107 e. The van der Waals surface area contributed by atoms with E-state index >= 15 is 0 Å². The summed E-state index contributed by atoms with van der Waals surface area (Å²) < 4.78 is 0. The Balaban J connectivity index is 4.06. The fourth-order valence-electron chi connectivity index (χ4n) is 0.932. The Morgan fingerprint density at radius 1 is 0.917 bits per heavy atom. The van der Waals surface area contributed by atoms with Crippen molar-refractivity contribution in [2.45, 2.75) is 38.3 Å². The first-order valence-corrected chi connectivity index (χ1v) is 11.2. The third-order valence-electron chi connectivity index (χ3n) is 2.35. The van der Waals surface area contributed by atoms with E-state index in [1.807, 2.05) is 0 Å². The van der Waals surface area contributed by atoms with Gasteiger partial charge in [-0.3, -0.25) is 0 Å². The van der Waals surface area contributed by atoms with Gasteiger partial charge in [-0.05, 0) is 0 Å². The first kappa shape index (κ1) is 11.9. The van der Waals surface area contributed by atoms with Gasteiger partial charge in [-0.1, -0.05) is 49.7 Å². The highest BCUT2D eigenvalue weighted by Crippen LogP contribution is 2.21. The van der Waals surface area contributed by atoms with Crippen LogP contribution in [0.15, 0.2) is 24.6 Å². The molecule has 0 radical (unpaired) electrons. The van der Waals surface area contributed by atoms with E-state index in [0.29, 0.717) is 0 Å². The van der Waals surface area contributed by atoms with E-state index in [0.717, 1.165) is 0 Å². The molecule has 0 saturated heterocycles. The van der Waals surface area contributed by atoms with Crippen LogP contribution in [0.2, 0.25) is 38.3 Å². The summed E-state index contributed by atoms with van der Waals surface area (Å²) in [5.41, 5.74) is 4.31. The fraction of sp³-hybridized carbons (Fsp3) is 0.600. The van der Waals surface area contributed by atoms with Crippen molar-refractivity contribution in [2.24, 2.45) is 0 Å². The molecule has 0 heterocycles. The second-order valence-corrected chi connectivity index (χ2v) is 14.9. The molecule has 0 bridgehead atoms. The summed E-state index contributed by atoms with van der Waals surface area (Å²) in [4.78, 5) is 0. The molecule has 0 aliphatic carbocycles. The highest BCUT2D eigenvalue weighted by molar-refractivity contribution is 6.89. The minimum absolute atomic E-state index is 0.860. The Kier molecular flexibility index (Phi) is 4.21. The second-order valence-electron chi connectivity index (χ2n) is 4.97. The van der Waals surface area contributed by atoms with Crippen LogP contribution < -0.4 is 0 Å². The Morgan fingerprint density at radius 3 is 1.58 bits per heavy atom. The maximum atomic E-state index is 3.91. The predicted molar refractivity (Wildman–Crippen MR) is 65.0 cm³/mol. The molecule has 0 fully saturated rings. The molecule has 0 aromatic carbocycles. The van der Waals surface area contributed by atoms with Crippen molar-refractivity contribution in [3.63, 3.8) is 0 Å². The lowest BCUT2D eigenvalue weighted by Crippen LogP contribution is -2.29. The molecular formula is C10H22Si2. The maximum absolute atomic E-state index is 3.91. The topological polar surface area (TPSA) is 0 Å². The quantitative estimate of drug-likeness (QED) is 0.589. The van der Waals surface area contributed by atoms with Gasteiger partial charge in [-0.25, -0.2) is 0 Å². The highest BCUT2D eigenvalue weighted by atomic mass is 28.3. The molecule has 0 N–H and O–H groups in total. The molecule has 0 rings (SSSR count). The van der Waals surface area contributed by atoms with Crippen LogP contribution in [-0.4, -0.2) is 16.1 Å². The minimum atomic E-state index is -1.24. The van der Waals surface area contributed by atoms with Crippen molar-refractivity contribution in [1.82, 2.24) is 0 Å². The number of hydrogen-bond acceptors (Lipinski definition) is 0. The van der Waals surface area contributed by atoms with Crippen LogP contribution >= 0.6 is 0 Å². The van der Waals surface area contributed by atoms with Crippen LogP contribution in [0.4, 0.5) is 0 Å². The smallest absolute Gasteiger partial charge is 0.0970 e. The zero-order valence-corrected chi connectivity index (χ0v) is 11.0. The highest BCUT2D eigenvalue weighted by Gasteiger charge is 2.22. The van der Waals surface area contributed by atoms with E-state index in [-0.39, 0.29) is 0 Å². The van der Waals surface area contributed by atoms with Crippen LogP contribution in [0, 0.1) is 0 Å². The predicted octanol–water partition coefficient (Wildman–Crippen LogP) is 3.85. The molecule has 0 amide bonds. The van der Waals surface area contributed by atoms with E-state index in [4.69, 9.17) is 0 Å². The van der Waals surface area contributed by atoms with Crippen molar-refractivity contribution in [2.75, 3.05) is 0 Å². The normalized spacial score (nSPS) is 12.7. The van der Waals surface area contributed by atoms with Gasteiger partial charge in [0.2, 0.25) is 0 Å². The van der Waals surface area contributed by atoms with Gasteiger partial charge in [0.1, 0.15) is 0 Å². The van der Waals surface area contributed by atoms with Crippen molar-refractivity contribution >= 4 is 16.1 Å². The van der Waals surface area contributed by atoms with Gasteiger partial charge < -0.3 is 0 Å².